The van der Waals surface area contributed by atoms with Crippen LogP contribution in [-0.2, 0) is 0 Å². The molecule has 1 aromatic carbocycles. The van der Waals surface area contributed by atoms with Crippen molar-refractivity contribution >= 4 is 11.7 Å². The SMILES string of the molecule is Nc1cccc(C(=O)O)c1.[H-].[K+]. The van der Waals surface area contributed by atoms with Crippen LogP contribution in [0.25, 0.3) is 0 Å². The Kier molecular flexibility index (Phi) is 4.95. The number of benzene rings is 1. The fourth-order valence-electron chi connectivity index (χ4n) is 0.672. The number of anilines is 1. The first-order valence-corrected chi connectivity index (χ1v) is 2.79. The maximum atomic E-state index is 10.3. The zero-order chi connectivity index (χ0) is 7.56. The van der Waals surface area contributed by atoms with Crippen LogP contribution in [0, 0.1) is 0 Å². The number of nitrogens with two attached hydrogens (primary N) is 1. The van der Waals surface area contributed by atoms with E-state index < -0.39 is 5.97 Å². The second kappa shape index (κ2) is 4.90. The molecule has 0 radical (unpaired) electrons. The van der Waals surface area contributed by atoms with E-state index in [1.54, 1.807) is 12.1 Å². The minimum absolute atomic E-state index is 0. The van der Waals surface area contributed by atoms with Gasteiger partial charge >= 0.3 is 57.4 Å². The van der Waals surface area contributed by atoms with Gasteiger partial charge in [-0.2, -0.15) is 0 Å². The molecule has 0 fully saturated rings. The standard InChI is InChI=1S/C7H7NO2.K.H/c8-6-3-1-2-5(4-6)7(9)10;;/h1-4H,8H2,(H,9,10);;/q;+1;-1. The van der Waals surface area contributed by atoms with Crippen molar-refractivity contribution in [1.29, 1.82) is 0 Å². The van der Waals surface area contributed by atoms with Gasteiger partial charge in [-0.3, -0.25) is 0 Å². The van der Waals surface area contributed by atoms with Crippen LogP contribution in [0.3, 0.4) is 0 Å². The molecular weight excluding hydrogens is 169 g/mol. The largest absolute Gasteiger partial charge is 1.00 e. The van der Waals surface area contributed by atoms with Crippen molar-refractivity contribution in [3.8, 4) is 0 Å². The molecule has 0 aliphatic carbocycles. The molecule has 0 aliphatic heterocycles. The van der Waals surface area contributed by atoms with Crippen molar-refractivity contribution in [3.05, 3.63) is 29.8 Å². The summed E-state index contributed by atoms with van der Waals surface area (Å²) in [5.74, 6) is -0.952. The van der Waals surface area contributed by atoms with Crippen LogP contribution < -0.4 is 57.1 Å². The molecule has 0 heterocycles. The van der Waals surface area contributed by atoms with Crippen LogP contribution in [-0.4, -0.2) is 11.1 Å². The normalized spacial score (nSPS) is 8.36. The zero-order valence-electron chi connectivity index (χ0n) is 7.24. The first kappa shape index (κ1) is 11.1. The van der Waals surface area contributed by atoms with Crippen LogP contribution in [0.15, 0.2) is 24.3 Å². The number of hydrogen-bond acceptors (Lipinski definition) is 2. The van der Waals surface area contributed by atoms with Gasteiger partial charge in [-0.25, -0.2) is 4.79 Å². The third kappa shape index (κ3) is 3.35. The summed E-state index contributed by atoms with van der Waals surface area (Å²) < 4.78 is 0. The quantitative estimate of drug-likeness (QED) is 0.388. The fraction of sp³-hybridized carbons (Fsp3) is 0. The molecule has 0 saturated carbocycles. The summed E-state index contributed by atoms with van der Waals surface area (Å²) >= 11 is 0. The molecule has 0 aromatic heterocycles. The first-order chi connectivity index (χ1) is 4.70. The number of carbonyl (C=O) groups is 1. The van der Waals surface area contributed by atoms with Crippen molar-refractivity contribution in [2.45, 2.75) is 0 Å². The van der Waals surface area contributed by atoms with E-state index in [0.717, 1.165) is 0 Å². The van der Waals surface area contributed by atoms with Crippen molar-refractivity contribution in [1.82, 2.24) is 0 Å². The van der Waals surface area contributed by atoms with Gasteiger partial charge in [0.1, 0.15) is 0 Å². The van der Waals surface area contributed by atoms with E-state index >= 15 is 0 Å². The van der Waals surface area contributed by atoms with Crippen molar-refractivity contribution < 1.29 is 62.7 Å². The second-order valence-electron chi connectivity index (χ2n) is 1.93. The monoisotopic (exact) mass is 177 g/mol. The fourth-order valence-corrected chi connectivity index (χ4v) is 0.672. The van der Waals surface area contributed by atoms with E-state index in [1.807, 2.05) is 0 Å². The summed E-state index contributed by atoms with van der Waals surface area (Å²) in [5, 5.41) is 8.45. The molecular formula is C7H8KNO2. The van der Waals surface area contributed by atoms with Crippen LogP contribution in [0.2, 0.25) is 0 Å². The minimum Gasteiger partial charge on any atom is -1.00 e. The third-order valence-electron chi connectivity index (χ3n) is 1.13. The average molecular weight is 177 g/mol. The first-order valence-electron chi connectivity index (χ1n) is 2.79. The Labute approximate surface area is 108 Å². The molecule has 1 rings (SSSR count). The Morgan fingerprint density at radius 2 is 2.18 bits per heavy atom. The number of hydrogen-bond donors (Lipinski definition) is 2. The number of nitrogen functional groups attached to an aromatic ring is 1. The summed E-state index contributed by atoms with van der Waals surface area (Å²) in [6, 6.07) is 6.17. The number of carboxylic acids is 1. The van der Waals surface area contributed by atoms with E-state index in [1.165, 1.54) is 12.1 Å². The van der Waals surface area contributed by atoms with E-state index in [9.17, 15) is 4.79 Å². The van der Waals surface area contributed by atoms with Gasteiger partial charge in [-0.1, -0.05) is 6.07 Å². The van der Waals surface area contributed by atoms with Gasteiger partial charge in [0, 0.05) is 5.69 Å². The van der Waals surface area contributed by atoms with Crippen molar-refractivity contribution in [3.63, 3.8) is 0 Å². The Morgan fingerprint density at radius 1 is 1.55 bits per heavy atom. The molecule has 0 amide bonds. The Bertz CT molecular complexity index is 267. The van der Waals surface area contributed by atoms with Gasteiger partial charge in [0.25, 0.3) is 0 Å². The van der Waals surface area contributed by atoms with Crippen LogP contribution in [0.1, 0.15) is 11.8 Å². The number of rotatable bonds is 1. The molecule has 54 valence electrons. The molecule has 3 N–H and O–H groups in total. The smallest absolute Gasteiger partial charge is 1.00 e. The van der Waals surface area contributed by atoms with Crippen LogP contribution >= 0.6 is 0 Å². The molecule has 0 bridgehead atoms. The van der Waals surface area contributed by atoms with Gasteiger partial charge < -0.3 is 12.3 Å². The predicted octanol–water partition coefficient (Wildman–Crippen LogP) is -1.92. The topological polar surface area (TPSA) is 63.3 Å². The molecule has 0 spiro atoms. The molecule has 1 aromatic rings. The van der Waals surface area contributed by atoms with E-state index in [0.29, 0.717) is 5.69 Å². The number of aromatic carboxylic acids is 1. The molecule has 3 nitrogen and oxygen atoms in total. The van der Waals surface area contributed by atoms with Gasteiger partial charge in [0.05, 0.1) is 5.56 Å². The Morgan fingerprint density at radius 3 is 2.55 bits per heavy atom. The second-order valence-corrected chi connectivity index (χ2v) is 1.93. The summed E-state index contributed by atoms with van der Waals surface area (Å²) in [6.07, 6.45) is 0. The zero-order valence-corrected chi connectivity index (χ0v) is 9.37. The predicted molar refractivity (Wildman–Crippen MR) is 38.9 cm³/mol. The molecule has 11 heavy (non-hydrogen) atoms. The maximum absolute atomic E-state index is 10.3. The summed E-state index contributed by atoms with van der Waals surface area (Å²) in [4.78, 5) is 10.3. The Hall–Kier alpha value is 0.126. The van der Waals surface area contributed by atoms with Gasteiger partial charge in [-0.05, 0) is 18.2 Å². The maximum Gasteiger partial charge on any atom is 1.00 e. The molecule has 0 saturated heterocycles. The average Bonchev–Trinajstić information content (AvgIpc) is 1.88. The summed E-state index contributed by atoms with van der Waals surface area (Å²) in [7, 11) is 0. The van der Waals surface area contributed by atoms with E-state index in [-0.39, 0.29) is 58.4 Å². The minimum atomic E-state index is -0.952. The van der Waals surface area contributed by atoms with Crippen LogP contribution in [0.4, 0.5) is 5.69 Å². The molecule has 0 atom stereocenters. The summed E-state index contributed by atoms with van der Waals surface area (Å²) in [5.41, 5.74) is 6.03. The van der Waals surface area contributed by atoms with E-state index in [4.69, 9.17) is 10.8 Å². The van der Waals surface area contributed by atoms with Gasteiger partial charge in [0.15, 0.2) is 0 Å². The van der Waals surface area contributed by atoms with Crippen molar-refractivity contribution in [2.24, 2.45) is 0 Å². The van der Waals surface area contributed by atoms with E-state index in [2.05, 4.69) is 0 Å². The third-order valence-corrected chi connectivity index (χ3v) is 1.13. The molecule has 4 heteroatoms. The van der Waals surface area contributed by atoms with Crippen molar-refractivity contribution in [2.75, 3.05) is 5.73 Å². The van der Waals surface area contributed by atoms with Gasteiger partial charge in [0.2, 0.25) is 0 Å². The van der Waals surface area contributed by atoms with Crippen LogP contribution in [0.5, 0.6) is 0 Å². The van der Waals surface area contributed by atoms with Gasteiger partial charge in [-0.15, -0.1) is 0 Å². The molecule has 0 unspecified atom stereocenters. The Balaban J connectivity index is 0. The molecule has 0 aliphatic rings. The summed E-state index contributed by atoms with van der Waals surface area (Å²) in [6.45, 7) is 0. The number of carboxylic acid groups (broad SMARTS) is 1.